The van der Waals surface area contributed by atoms with Crippen LogP contribution in [0.25, 0.3) is 0 Å². The summed E-state index contributed by atoms with van der Waals surface area (Å²) < 4.78 is 0. The van der Waals surface area contributed by atoms with Gasteiger partial charge in [0, 0.05) is 5.41 Å². The summed E-state index contributed by atoms with van der Waals surface area (Å²) in [6.45, 7) is 7.17. The quantitative estimate of drug-likeness (QED) is 0.802. The number of hydrogen-bond donors (Lipinski definition) is 1. The van der Waals surface area contributed by atoms with Gasteiger partial charge in [-0.2, -0.15) is 0 Å². The van der Waals surface area contributed by atoms with Crippen LogP contribution in [0.5, 0.6) is 0 Å². The fraction of sp³-hybridized carbons (Fsp3) is 0.632. The molecule has 21 heavy (non-hydrogen) atoms. The lowest BCUT2D eigenvalue weighted by molar-refractivity contribution is 0.00599. The van der Waals surface area contributed by atoms with Crippen LogP contribution in [0.4, 0.5) is 0 Å². The molecule has 114 valence electrons. The highest BCUT2D eigenvalue weighted by Gasteiger charge is 2.54. The standard InChI is InChI=1S/C19H27NS/c1-13-9-15-10-18(3,17(20)21)12-19(11-15,14(13)2)16-7-5-4-6-8-16/h4-8,13-15H,9-12H2,1-3H3,(H2,20,21). The van der Waals surface area contributed by atoms with E-state index in [9.17, 15) is 0 Å². The largest absolute Gasteiger partial charge is 0.393 e. The number of rotatable bonds is 2. The third-order valence-corrected chi connectivity index (χ3v) is 6.96. The molecule has 0 aromatic heterocycles. The van der Waals surface area contributed by atoms with E-state index < -0.39 is 0 Å². The van der Waals surface area contributed by atoms with Gasteiger partial charge in [-0.25, -0.2) is 0 Å². The molecule has 5 unspecified atom stereocenters. The molecule has 0 radical (unpaired) electrons. The molecule has 2 saturated carbocycles. The van der Waals surface area contributed by atoms with Gasteiger partial charge in [0.1, 0.15) is 0 Å². The van der Waals surface area contributed by atoms with Crippen molar-refractivity contribution in [1.29, 1.82) is 0 Å². The van der Waals surface area contributed by atoms with E-state index in [0.29, 0.717) is 10.9 Å². The Kier molecular flexibility index (Phi) is 3.64. The highest BCUT2D eigenvalue weighted by atomic mass is 32.1. The van der Waals surface area contributed by atoms with Gasteiger partial charge in [-0.1, -0.05) is 63.3 Å². The average molecular weight is 301 g/mol. The molecule has 3 rings (SSSR count). The number of nitrogens with two attached hydrogens (primary N) is 1. The fourth-order valence-corrected chi connectivity index (χ4v) is 5.45. The molecule has 2 aliphatic carbocycles. The lowest BCUT2D eigenvalue weighted by Gasteiger charge is -2.58. The smallest absolute Gasteiger partial charge is 0.0787 e. The maximum Gasteiger partial charge on any atom is 0.0787 e. The SMILES string of the molecule is CC1CC2CC(C)(C(N)=S)CC(c3ccccc3)(C2)C1C. The molecule has 0 spiro atoms. The van der Waals surface area contributed by atoms with Crippen molar-refractivity contribution in [3.05, 3.63) is 35.9 Å². The minimum atomic E-state index is 0.0164. The van der Waals surface area contributed by atoms with Gasteiger partial charge in [-0.3, -0.25) is 0 Å². The topological polar surface area (TPSA) is 26.0 Å². The summed E-state index contributed by atoms with van der Waals surface area (Å²) in [6.07, 6.45) is 4.92. The van der Waals surface area contributed by atoms with Crippen molar-refractivity contribution in [2.45, 2.75) is 51.9 Å². The van der Waals surface area contributed by atoms with Crippen molar-refractivity contribution in [2.24, 2.45) is 28.9 Å². The van der Waals surface area contributed by atoms with Crippen molar-refractivity contribution in [3.8, 4) is 0 Å². The molecule has 2 bridgehead atoms. The Balaban J connectivity index is 2.10. The van der Waals surface area contributed by atoms with Crippen LogP contribution in [0.15, 0.2) is 30.3 Å². The van der Waals surface area contributed by atoms with Gasteiger partial charge >= 0.3 is 0 Å². The van der Waals surface area contributed by atoms with Gasteiger partial charge in [-0.15, -0.1) is 0 Å². The Hall–Kier alpha value is -0.890. The number of benzene rings is 1. The normalized spacial score (nSPS) is 42.5. The van der Waals surface area contributed by atoms with Gasteiger partial charge in [-0.05, 0) is 54.4 Å². The van der Waals surface area contributed by atoms with Crippen molar-refractivity contribution in [2.75, 3.05) is 0 Å². The van der Waals surface area contributed by atoms with E-state index in [2.05, 4.69) is 51.1 Å². The summed E-state index contributed by atoms with van der Waals surface area (Å²) in [5, 5.41) is 0. The predicted molar refractivity (Wildman–Crippen MR) is 93.3 cm³/mol. The Labute approximate surface area is 134 Å². The van der Waals surface area contributed by atoms with Crippen LogP contribution in [0.3, 0.4) is 0 Å². The Morgan fingerprint density at radius 2 is 1.86 bits per heavy atom. The van der Waals surface area contributed by atoms with Gasteiger partial charge < -0.3 is 5.73 Å². The predicted octanol–water partition coefficient (Wildman–Crippen LogP) is 4.69. The van der Waals surface area contributed by atoms with E-state index in [1.165, 1.54) is 24.8 Å². The molecule has 0 aliphatic heterocycles. The highest BCUT2D eigenvalue weighted by Crippen LogP contribution is 2.60. The third kappa shape index (κ3) is 2.32. The Bertz CT molecular complexity index is 540. The van der Waals surface area contributed by atoms with E-state index in [0.717, 1.165) is 18.3 Å². The van der Waals surface area contributed by atoms with E-state index in [-0.39, 0.29) is 10.8 Å². The summed E-state index contributed by atoms with van der Waals surface area (Å²) in [7, 11) is 0. The van der Waals surface area contributed by atoms with Crippen LogP contribution >= 0.6 is 12.2 Å². The Morgan fingerprint density at radius 3 is 2.48 bits per heavy atom. The first-order chi connectivity index (χ1) is 9.87. The van der Waals surface area contributed by atoms with Crippen molar-refractivity contribution < 1.29 is 0 Å². The second-order valence-electron chi connectivity index (χ2n) is 7.90. The maximum absolute atomic E-state index is 6.15. The second-order valence-corrected chi connectivity index (χ2v) is 8.34. The first-order valence-corrected chi connectivity index (χ1v) is 8.64. The summed E-state index contributed by atoms with van der Waals surface area (Å²) in [5.74, 6) is 2.22. The molecule has 5 atom stereocenters. The molecule has 2 fully saturated rings. The molecule has 2 aliphatic rings. The zero-order chi connectivity index (χ0) is 15.3. The van der Waals surface area contributed by atoms with E-state index in [1.54, 1.807) is 0 Å². The molecule has 1 nitrogen and oxygen atoms in total. The van der Waals surface area contributed by atoms with Crippen molar-refractivity contribution in [1.82, 2.24) is 0 Å². The molecule has 0 saturated heterocycles. The lowest BCUT2D eigenvalue weighted by Crippen LogP contribution is -2.54. The van der Waals surface area contributed by atoms with Crippen LogP contribution in [-0.4, -0.2) is 4.99 Å². The molecule has 2 N–H and O–H groups in total. The maximum atomic E-state index is 6.15. The molecule has 0 heterocycles. The van der Waals surface area contributed by atoms with Crippen LogP contribution in [0, 0.1) is 23.2 Å². The minimum absolute atomic E-state index is 0.0164. The number of hydrogen-bond acceptors (Lipinski definition) is 1. The average Bonchev–Trinajstić information content (AvgIpc) is 2.45. The van der Waals surface area contributed by atoms with Gasteiger partial charge in [0.2, 0.25) is 0 Å². The van der Waals surface area contributed by atoms with E-state index >= 15 is 0 Å². The summed E-state index contributed by atoms with van der Waals surface area (Å²) in [4.78, 5) is 0.717. The van der Waals surface area contributed by atoms with Crippen LogP contribution in [0.2, 0.25) is 0 Å². The molecular weight excluding hydrogens is 274 g/mol. The molecule has 1 aromatic rings. The van der Waals surface area contributed by atoms with Crippen molar-refractivity contribution >= 4 is 17.2 Å². The summed E-state index contributed by atoms with van der Waals surface area (Å²) >= 11 is 5.45. The number of thiocarbonyl (C=S) groups is 1. The third-order valence-electron chi connectivity index (χ3n) is 6.47. The van der Waals surface area contributed by atoms with Gasteiger partial charge in [0.25, 0.3) is 0 Å². The van der Waals surface area contributed by atoms with Gasteiger partial charge in [0.05, 0.1) is 4.99 Å². The first kappa shape index (κ1) is 15.0. The van der Waals surface area contributed by atoms with Gasteiger partial charge in [0.15, 0.2) is 0 Å². The first-order valence-electron chi connectivity index (χ1n) is 8.23. The molecule has 1 aromatic carbocycles. The fourth-order valence-electron chi connectivity index (χ4n) is 5.29. The zero-order valence-corrected chi connectivity index (χ0v) is 14.2. The Morgan fingerprint density at radius 1 is 1.19 bits per heavy atom. The highest BCUT2D eigenvalue weighted by molar-refractivity contribution is 7.80. The lowest BCUT2D eigenvalue weighted by atomic mass is 9.47. The second kappa shape index (κ2) is 5.08. The molecular formula is C19H27NS. The van der Waals surface area contributed by atoms with Crippen LogP contribution in [0.1, 0.15) is 52.0 Å². The van der Waals surface area contributed by atoms with Crippen molar-refractivity contribution in [3.63, 3.8) is 0 Å². The minimum Gasteiger partial charge on any atom is -0.393 e. The summed E-state index contributed by atoms with van der Waals surface area (Å²) in [5.41, 5.74) is 7.92. The van der Waals surface area contributed by atoms with E-state index in [1.807, 2.05) is 0 Å². The molecule has 2 heteroatoms. The zero-order valence-electron chi connectivity index (χ0n) is 13.4. The van der Waals surface area contributed by atoms with Crippen LogP contribution in [-0.2, 0) is 5.41 Å². The monoisotopic (exact) mass is 301 g/mol. The van der Waals surface area contributed by atoms with Crippen LogP contribution < -0.4 is 5.73 Å². The number of fused-ring (bicyclic) bond motifs is 2. The molecule has 0 amide bonds. The summed E-state index contributed by atoms with van der Waals surface area (Å²) in [6, 6.07) is 11.1. The van der Waals surface area contributed by atoms with E-state index in [4.69, 9.17) is 18.0 Å².